The molecule has 32 heavy (non-hydrogen) atoms. The molecule has 0 bridgehead atoms. The van der Waals surface area contributed by atoms with Gasteiger partial charge in [0.05, 0.1) is 0 Å². The van der Waals surface area contributed by atoms with Crippen molar-refractivity contribution in [3.8, 4) is 0 Å². The Morgan fingerprint density at radius 3 is 2.44 bits per heavy atom. The van der Waals surface area contributed by atoms with E-state index < -0.39 is 0 Å². The maximum absolute atomic E-state index is 11.5. The minimum absolute atomic E-state index is 0.0959. The molecule has 0 spiro atoms. The molecular formula is C30H44O2. The maximum Gasteiger partial charge on any atom is 0.302 e. The fourth-order valence-electron chi connectivity index (χ4n) is 9.40. The standard InChI is InChI=1S/C30H44O2/c1-21(31)32-24-13-18-29(3)23(20-24)10-11-25-26(29)15-19-30(4)27(25)14-17-28(30,2)16-12-22-8-6-5-7-9-22/h5-9,23-27H,10-20H2,1-4H3/t23-,24+,25-,26+,27+,28-,29-,30+/m0/s1. The molecule has 4 aliphatic carbocycles. The predicted octanol–water partition coefficient (Wildman–Crippen LogP) is 7.60. The number of carbonyl (C=O) groups excluding carboxylic acids is 1. The SMILES string of the molecule is CC(=O)O[C@@H]1CC[C@@]2(C)[C@@H](CC[C@H]3[C@H]2CC[C@]2(C)[C@@H]3CC[C@]2(C)CCc2ccccc2)C1. The zero-order chi connectivity index (χ0) is 22.6. The Morgan fingerprint density at radius 2 is 1.69 bits per heavy atom. The van der Waals surface area contributed by atoms with Crippen molar-refractivity contribution in [2.75, 3.05) is 0 Å². The van der Waals surface area contributed by atoms with Crippen molar-refractivity contribution in [1.82, 2.24) is 0 Å². The summed E-state index contributed by atoms with van der Waals surface area (Å²) in [6, 6.07) is 11.1. The van der Waals surface area contributed by atoms with Gasteiger partial charge in [0.2, 0.25) is 0 Å². The van der Waals surface area contributed by atoms with Crippen LogP contribution in [-0.4, -0.2) is 12.1 Å². The Bertz CT molecular complexity index is 832. The first-order valence-electron chi connectivity index (χ1n) is 13.5. The molecule has 0 aliphatic heterocycles. The lowest BCUT2D eigenvalue weighted by atomic mass is 9.43. The van der Waals surface area contributed by atoms with E-state index in [1.54, 1.807) is 6.92 Å². The van der Waals surface area contributed by atoms with Crippen LogP contribution in [-0.2, 0) is 16.0 Å². The lowest BCUT2D eigenvalue weighted by Gasteiger charge is -2.62. The highest BCUT2D eigenvalue weighted by Crippen LogP contribution is 2.71. The second-order valence-corrected chi connectivity index (χ2v) is 12.7. The summed E-state index contributed by atoms with van der Waals surface area (Å²) in [5.74, 6) is 3.36. The van der Waals surface area contributed by atoms with Crippen LogP contribution in [0.15, 0.2) is 30.3 Å². The molecule has 2 heteroatoms. The van der Waals surface area contributed by atoms with Gasteiger partial charge in [-0.3, -0.25) is 4.79 Å². The van der Waals surface area contributed by atoms with Gasteiger partial charge in [0, 0.05) is 6.92 Å². The topological polar surface area (TPSA) is 26.3 Å². The maximum atomic E-state index is 11.5. The van der Waals surface area contributed by atoms with E-state index in [1.807, 2.05) is 0 Å². The first-order chi connectivity index (χ1) is 15.3. The Labute approximate surface area is 195 Å². The fourth-order valence-corrected chi connectivity index (χ4v) is 9.40. The molecule has 0 heterocycles. The summed E-state index contributed by atoms with van der Waals surface area (Å²) in [7, 11) is 0. The summed E-state index contributed by atoms with van der Waals surface area (Å²) < 4.78 is 5.66. The van der Waals surface area contributed by atoms with Gasteiger partial charge in [-0.25, -0.2) is 0 Å². The third kappa shape index (κ3) is 3.55. The van der Waals surface area contributed by atoms with E-state index in [0.717, 1.165) is 36.5 Å². The Morgan fingerprint density at radius 1 is 0.938 bits per heavy atom. The predicted molar refractivity (Wildman–Crippen MR) is 130 cm³/mol. The normalized spacial score (nSPS) is 45.4. The zero-order valence-corrected chi connectivity index (χ0v) is 20.9. The van der Waals surface area contributed by atoms with Gasteiger partial charge in [-0.2, -0.15) is 0 Å². The van der Waals surface area contributed by atoms with E-state index in [0.29, 0.717) is 16.2 Å². The number of carbonyl (C=O) groups is 1. The van der Waals surface area contributed by atoms with Gasteiger partial charge in [0.1, 0.15) is 6.10 Å². The summed E-state index contributed by atoms with van der Waals surface area (Å²) in [6.07, 6.45) is 14.6. The molecule has 1 aromatic carbocycles. The molecule has 5 rings (SSSR count). The molecule has 0 radical (unpaired) electrons. The zero-order valence-electron chi connectivity index (χ0n) is 20.9. The second-order valence-electron chi connectivity index (χ2n) is 12.7. The number of ether oxygens (including phenoxy) is 1. The van der Waals surface area contributed by atoms with E-state index in [-0.39, 0.29) is 12.1 Å². The molecule has 0 amide bonds. The van der Waals surface area contributed by atoms with E-state index in [9.17, 15) is 4.79 Å². The monoisotopic (exact) mass is 436 g/mol. The summed E-state index contributed by atoms with van der Waals surface area (Å²) >= 11 is 0. The van der Waals surface area contributed by atoms with Gasteiger partial charge in [-0.05, 0) is 116 Å². The third-order valence-corrected chi connectivity index (χ3v) is 11.5. The highest BCUT2D eigenvalue weighted by Gasteiger charge is 2.63. The van der Waals surface area contributed by atoms with Gasteiger partial charge >= 0.3 is 5.97 Å². The molecule has 4 aliphatic rings. The van der Waals surface area contributed by atoms with Gasteiger partial charge in [-0.15, -0.1) is 0 Å². The lowest BCUT2D eigenvalue weighted by molar-refractivity contribution is -0.162. The molecule has 176 valence electrons. The van der Waals surface area contributed by atoms with Crippen LogP contribution >= 0.6 is 0 Å². The van der Waals surface area contributed by atoms with Gasteiger partial charge in [0.25, 0.3) is 0 Å². The van der Waals surface area contributed by atoms with Crippen LogP contribution in [0.1, 0.15) is 97.5 Å². The highest BCUT2D eigenvalue weighted by molar-refractivity contribution is 5.66. The van der Waals surface area contributed by atoms with Gasteiger partial charge < -0.3 is 4.74 Å². The lowest BCUT2D eigenvalue weighted by Crippen LogP contribution is -2.55. The molecule has 0 aromatic heterocycles. The first kappa shape index (κ1) is 22.5. The molecule has 1 aromatic rings. The third-order valence-electron chi connectivity index (χ3n) is 11.5. The van der Waals surface area contributed by atoms with Crippen molar-refractivity contribution in [3.63, 3.8) is 0 Å². The number of rotatable bonds is 4. The minimum atomic E-state index is -0.0959. The number of fused-ring (bicyclic) bond motifs is 5. The summed E-state index contributed by atoms with van der Waals surface area (Å²) in [6.45, 7) is 9.50. The summed E-state index contributed by atoms with van der Waals surface area (Å²) in [5, 5.41) is 0. The quantitative estimate of drug-likeness (QED) is 0.454. The summed E-state index contributed by atoms with van der Waals surface area (Å²) in [4.78, 5) is 11.5. The van der Waals surface area contributed by atoms with Crippen molar-refractivity contribution in [3.05, 3.63) is 35.9 Å². The largest absolute Gasteiger partial charge is 0.463 e. The van der Waals surface area contributed by atoms with Crippen LogP contribution in [0.3, 0.4) is 0 Å². The van der Waals surface area contributed by atoms with Crippen LogP contribution < -0.4 is 0 Å². The number of esters is 1. The molecule has 4 saturated carbocycles. The highest BCUT2D eigenvalue weighted by atomic mass is 16.5. The van der Waals surface area contributed by atoms with Crippen LogP contribution in [0.25, 0.3) is 0 Å². The molecule has 0 unspecified atom stereocenters. The average Bonchev–Trinajstić information content (AvgIpc) is 3.04. The van der Waals surface area contributed by atoms with E-state index in [1.165, 1.54) is 63.4 Å². The van der Waals surface area contributed by atoms with E-state index in [2.05, 4.69) is 51.1 Å². The number of hydrogen-bond acceptors (Lipinski definition) is 2. The number of benzene rings is 1. The molecule has 0 saturated heterocycles. The fraction of sp³-hybridized carbons (Fsp3) is 0.767. The minimum Gasteiger partial charge on any atom is -0.463 e. The molecule has 8 atom stereocenters. The van der Waals surface area contributed by atoms with Crippen LogP contribution in [0.5, 0.6) is 0 Å². The van der Waals surface area contributed by atoms with Crippen LogP contribution in [0.2, 0.25) is 0 Å². The Balaban J connectivity index is 1.31. The van der Waals surface area contributed by atoms with Gasteiger partial charge in [0.15, 0.2) is 0 Å². The van der Waals surface area contributed by atoms with E-state index >= 15 is 0 Å². The first-order valence-corrected chi connectivity index (χ1v) is 13.5. The Kier molecular flexibility index (Phi) is 5.74. The van der Waals surface area contributed by atoms with Crippen molar-refractivity contribution < 1.29 is 9.53 Å². The Hall–Kier alpha value is -1.31. The summed E-state index contributed by atoms with van der Waals surface area (Å²) in [5.41, 5.74) is 2.95. The van der Waals surface area contributed by atoms with Crippen LogP contribution in [0, 0.1) is 39.9 Å². The van der Waals surface area contributed by atoms with Crippen molar-refractivity contribution in [2.24, 2.45) is 39.9 Å². The van der Waals surface area contributed by atoms with Crippen LogP contribution in [0.4, 0.5) is 0 Å². The molecular weight excluding hydrogens is 392 g/mol. The van der Waals surface area contributed by atoms with Crippen molar-refractivity contribution in [1.29, 1.82) is 0 Å². The molecule has 2 nitrogen and oxygen atoms in total. The second kappa shape index (κ2) is 8.17. The smallest absolute Gasteiger partial charge is 0.302 e. The van der Waals surface area contributed by atoms with Crippen molar-refractivity contribution >= 4 is 5.97 Å². The molecule has 0 N–H and O–H groups in total. The van der Waals surface area contributed by atoms with Gasteiger partial charge in [-0.1, -0.05) is 51.1 Å². The number of aryl methyl sites for hydroxylation is 1. The average molecular weight is 437 g/mol. The number of hydrogen-bond donors (Lipinski definition) is 0. The van der Waals surface area contributed by atoms with Crippen molar-refractivity contribution in [2.45, 2.75) is 104 Å². The molecule has 4 fully saturated rings. The van der Waals surface area contributed by atoms with E-state index in [4.69, 9.17) is 4.74 Å².